The molecule has 0 bridgehead atoms. The molecule has 2 amide bonds. The van der Waals surface area contributed by atoms with Gasteiger partial charge in [0.05, 0.1) is 26.7 Å². The quantitative estimate of drug-likeness (QED) is 0.717. The minimum absolute atomic E-state index is 0.0964. The van der Waals surface area contributed by atoms with E-state index in [1.807, 2.05) is 0 Å². The molecule has 1 atom stereocenters. The molecule has 2 aliphatic heterocycles. The number of halogens is 3. The lowest BCUT2D eigenvalue weighted by Gasteiger charge is -2.22. The Labute approximate surface area is 176 Å². The van der Waals surface area contributed by atoms with Gasteiger partial charge in [-0.3, -0.25) is 9.59 Å². The number of hydrogen-bond donors (Lipinski definition) is 1. The predicted molar refractivity (Wildman–Crippen MR) is 108 cm³/mol. The molecule has 0 radical (unpaired) electrons. The summed E-state index contributed by atoms with van der Waals surface area (Å²) in [6, 6.07) is 8.24. The highest BCUT2D eigenvalue weighted by molar-refractivity contribution is 6.44. The number of rotatable bonds is 3. The summed E-state index contributed by atoms with van der Waals surface area (Å²) in [6.45, 7) is 1.21. The van der Waals surface area contributed by atoms with Crippen LogP contribution in [0.25, 0.3) is 0 Å². The lowest BCUT2D eigenvalue weighted by molar-refractivity contribution is -0.122. The fourth-order valence-electron chi connectivity index (χ4n) is 3.19. The van der Waals surface area contributed by atoms with Gasteiger partial charge in [0.25, 0.3) is 0 Å². The van der Waals surface area contributed by atoms with Crippen LogP contribution in [0.2, 0.25) is 15.1 Å². The SMILES string of the molecule is O=C(Nc1cc(Cl)c(Cl)cc1Cl)[C@H]1CC(=O)N(c2ccc3c(c2)OCCO3)C1. The molecule has 0 saturated carbocycles. The van der Waals surface area contributed by atoms with Gasteiger partial charge >= 0.3 is 0 Å². The number of carbonyl (C=O) groups excluding carboxylic acids is 2. The van der Waals surface area contributed by atoms with Crippen molar-refractivity contribution in [1.82, 2.24) is 0 Å². The Hall–Kier alpha value is -2.15. The standard InChI is InChI=1S/C19H15Cl3N2O4/c20-12-7-14(22)15(8-13(12)21)23-19(26)10-5-18(25)24(9-10)11-1-2-16-17(6-11)28-4-3-27-16/h1-2,6-8,10H,3-5,9H2,(H,23,26)/t10-/m0/s1. The van der Waals surface area contributed by atoms with Gasteiger partial charge in [0.1, 0.15) is 13.2 Å². The van der Waals surface area contributed by atoms with Gasteiger partial charge in [-0.05, 0) is 24.3 Å². The molecular formula is C19H15Cl3N2O4. The summed E-state index contributed by atoms with van der Waals surface area (Å²) in [4.78, 5) is 26.7. The Bertz CT molecular complexity index is 966. The van der Waals surface area contributed by atoms with Crippen molar-refractivity contribution in [3.8, 4) is 11.5 Å². The Morgan fingerprint density at radius 1 is 1.00 bits per heavy atom. The van der Waals surface area contributed by atoms with E-state index >= 15 is 0 Å². The normalized spacial score (nSPS) is 18.3. The van der Waals surface area contributed by atoms with Gasteiger partial charge in [0.2, 0.25) is 11.8 Å². The molecule has 0 aliphatic carbocycles. The molecule has 0 spiro atoms. The highest BCUT2D eigenvalue weighted by atomic mass is 35.5. The van der Waals surface area contributed by atoms with Gasteiger partial charge in [-0.15, -0.1) is 0 Å². The maximum atomic E-state index is 12.6. The van der Waals surface area contributed by atoms with Crippen LogP contribution in [0.3, 0.4) is 0 Å². The number of hydrogen-bond acceptors (Lipinski definition) is 4. The average molecular weight is 442 g/mol. The van der Waals surface area contributed by atoms with Crippen molar-refractivity contribution >= 4 is 58.0 Å². The molecule has 6 nitrogen and oxygen atoms in total. The second kappa shape index (κ2) is 7.70. The fourth-order valence-corrected chi connectivity index (χ4v) is 3.78. The molecule has 2 aromatic rings. The topological polar surface area (TPSA) is 67.9 Å². The third kappa shape index (κ3) is 3.72. The Morgan fingerprint density at radius 3 is 2.50 bits per heavy atom. The van der Waals surface area contributed by atoms with Crippen molar-refractivity contribution in [3.05, 3.63) is 45.4 Å². The van der Waals surface area contributed by atoms with Crippen LogP contribution in [0.15, 0.2) is 30.3 Å². The minimum Gasteiger partial charge on any atom is -0.486 e. The molecule has 2 heterocycles. The molecule has 9 heteroatoms. The van der Waals surface area contributed by atoms with Gasteiger partial charge in [0.15, 0.2) is 11.5 Å². The number of nitrogens with zero attached hydrogens (tertiary/aromatic N) is 1. The molecule has 28 heavy (non-hydrogen) atoms. The molecule has 2 aliphatic rings. The molecule has 4 rings (SSSR count). The molecule has 146 valence electrons. The zero-order valence-electron chi connectivity index (χ0n) is 14.5. The van der Waals surface area contributed by atoms with E-state index in [4.69, 9.17) is 44.3 Å². The summed E-state index contributed by atoms with van der Waals surface area (Å²) < 4.78 is 11.1. The van der Waals surface area contributed by atoms with E-state index < -0.39 is 5.92 Å². The Morgan fingerprint density at radius 2 is 1.71 bits per heavy atom. The second-order valence-corrected chi connectivity index (χ2v) is 7.69. The third-order valence-electron chi connectivity index (χ3n) is 4.60. The number of ether oxygens (including phenoxy) is 2. The van der Waals surface area contributed by atoms with Crippen LogP contribution >= 0.6 is 34.8 Å². The number of nitrogens with one attached hydrogen (secondary N) is 1. The van der Waals surface area contributed by atoms with Crippen LogP contribution in [-0.2, 0) is 9.59 Å². The molecule has 2 aromatic carbocycles. The van der Waals surface area contributed by atoms with Crippen molar-refractivity contribution in [2.24, 2.45) is 5.92 Å². The largest absolute Gasteiger partial charge is 0.486 e. The molecule has 1 saturated heterocycles. The van der Waals surface area contributed by atoms with E-state index in [-0.39, 0.29) is 34.8 Å². The van der Waals surface area contributed by atoms with E-state index in [9.17, 15) is 9.59 Å². The number of benzene rings is 2. The fraction of sp³-hybridized carbons (Fsp3) is 0.263. The van der Waals surface area contributed by atoms with Gasteiger partial charge < -0.3 is 19.7 Å². The summed E-state index contributed by atoms with van der Waals surface area (Å²) in [5.74, 6) is 0.259. The summed E-state index contributed by atoms with van der Waals surface area (Å²) >= 11 is 18.0. The summed E-state index contributed by atoms with van der Waals surface area (Å²) in [5, 5.41) is 3.58. The van der Waals surface area contributed by atoms with Crippen LogP contribution in [0.1, 0.15) is 6.42 Å². The third-order valence-corrected chi connectivity index (χ3v) is 5.64. The summed E-state index contributed by atoms with van der Waals surface area (Å²) in [6.07, 6.45) is 0.0964. The first-order valence-electron chi connectivity index (χ1n) is 8.58. The molecule has 1 N–H and O–H groups in total. The second-order valence-electron chi connectivity index (χ2n) is 6.47. The Balaban J connectivity index is 1.49. The van der Waals surface area contributed by atoms with Crippen molar-refractivity contribution in [2.45, 2.75) is 6.42 Å². The predicted octanol–water partition coefficient (Wildman–Crippen LogP) is 4.41. The van der Waals surface area contributed by atoms with E-state index in [1.165, 1.54) is 12.1 Å². The smallest absolute Gasteiger partial charge is 0.229 e. The lowest BCUT2D eigenvalue weighted by Crippen LogP contribution is -2.28. The van der Waals surface area contributed by atoms with E-state index in [0.717, 1.165) is 0 Å². The first kappa shape index (κ1) is 19.2. The summed E-state index contributed by atoms with van der Waals surface area (Å²) in [5.41, 5.74) is 1.02. The molecule has 1 fully saturated rings. The van der Waals surface area contributed by atoms with E-state index in [2.05, 4.69) is 5.32 Å². The Kier molecular flexibility index (Phi) is 5.27. The van der Waals surface area contributed by atoms with Crippen molar-refractivity contribution in [3.63, 3.8) is 0 Å². The zero-order valence-corrected chi connectivity index (χ0v) is 16.8. The maximum absolute atomic E-state index is 12.6. The number of carbonyl (C=O) groups is 2. The maximum Gasteiger partial charge on any atom is 0.229 e. The molecular weight excluding hydrogens is 427 g/mol. The van der Waals surface area contributed by atoms with Crippen molar-refractivity contribution in [2.75, 3.05) is 30.0 Å². The van der Waals surface area contributed by atoms with E-state index in [0.29, 0.717) is 41.1 Å². The molecule has 0 unspecified atom stereocenters. The van der Waals surface area contributed by atoms with Crippen LogP contribution in [-0.4, -0.2) is 31.6 Å². The highest BCUT2D eigenvalue weighted by Crippen LogP contribution is 2.37. The lowest BCUT2D eigenvalue weighted by atomic mass is 10.1. The molecule has 0 aromatic heterocycles. The average Bonchev–Trinajstić information content (AvgIpc) is 3.07. The van der Waals surface area contributed by atoms with E-state index in [1.54, 1.807) is 23.1 Å². The number of amides is 2. The van der Waals surface area contributed by atoms with Gasteiger partial charge in [-0.1, -0.05) is 34.8 Å². The van der Waals surface area contributed by atoms with Gasteiger partial charge in [-0.2, -0.15) is 0 Å². The zero-order chi connectivity index (χ0) is 19.8. The number of anilines is 2. The van der Waals surface area contributed by atoms with Crippen molar-refractivity contribution < 1.29 is 19.1 Å². The van der Waals surface area contributed by atoms with Gasteiger partial charge in [0, 0.05) is 24.7 Å². The van der Waals surface area contributed by atoms with Crippen LogP contribution in [0, 0.1) is 5.92 Å². The highest BCUT2D eigenvalue weighted by Gasteiger charge is 2.36. The van der Waals surface area contributed by atoms with Crippen LogP contribution < -0.4 is 19.7 Å². The monoisotopic (exact) mass is 440 g/mol. The summed E-state index contributed by atoms with van der Waals surface area (Å²) in [7, 11) is 0. The van der Waals surface area contributed by atoms with Crippen molar-refractivity contribution in [1.29, 1.82) is 0 Å². The first-order chi connectivity index (χ1) is 13.4. The number of fused-ring (bicyclic) bond motifs is 1. The first-order valence-corrected chi connectivity index (χ1v) is 9.71. The minimum atomic E-state index is -0.522. The van der Waals surface area contributed by atoms with Gasteiger partial charge in [-0.25, -0.2) is 0 Å². The van der Waals surface area contributed by atoms with Crippen LogP contribution in [0.5, 0.6) is 11.5 Å². The van der Waals surface area contributed by atoms with Crippen LogP contribution in [0.4, 0.5) is 11.4 Å².